The first-order valence-electron chi connectivity index (χ1n) is 6.59. The van der Waals surface area contributed by atoms with Gasteiger partial charge in [0.2, 0.25) is 0 Å². The summed E-state index contributed by atoms with van der Waals surface area (Å²) in [5.74, 6) is 0.796. The minimum absolute atomic E-state index is 0.0437. The Morgan fingerprint density at radius 3 is 2.76 bits per heavy atom. The number of hydrogen-bond acceptors (Lipinski definition) is 3. The average molecular weight is 342 g/mol. The maximum atomic E-state index is 12.5. The lowest BCUT2D eigenvalue weighted by molar-refractivity contribution is 0.0996. The van der Waals surface area contributed by atoms with Crippen LogP contribution in [0, 0.1) is 0 Å². The largest absolute Gasteiger partial charge is 0.341 e. The molecule has 2 heterocycles. The van der Waals surface area contributed by atoms with Gasteiger partial charge < -0.3 is 15.5 Å². The number of benzene rings is 2. The molecule has 0 unspecified atom stereocenters. The molecule has 0 atom stereocenters. The van der Waals surface area contributed by atoms with Crippen LogP contribution in [0.4, 0.5) is 17.1 Å². The van der Waals surface area contributed by atoms with Crippen LogP contribution in [0.5, 0.6) is 0 Å². The minimum Gasteiger partial charge on any atom is -0.341 e. The zero-order valence-electron chi connectivity index (χ0n) is 11.1. The second-order valence-electron chi connectivity index (χ2n) is 5.15. The standard InChI is InChI=1S/C16H12BrN3O/c1-9-18-14-5-3-12(7-15(14)19-9)20-8-10-6-11(17)2-4-13(10)16(20)21/h2-7,18-19H,1,8H2. The molecule has 2 aromatic carbocycles. The van der Waals surface area contributed by atoms with Crippen molar-refractivity contribution in [2.24, 2.45) is 0 Å². The Morgan fingerprint density at radius 2 is 1.90 bits per heavy atom. The highest BCUT2D eigenvalue weighted by Crippen LogP contribution is 2.36. The normalized spacial score (nSPS) is 15.6. The second-order valence-corrected chi connectivity index (χ2v) is 6.07. The van der Waals surface area contributed by atoms with Crippen molar-refractivity contribution in [3.8, 4) is 0 Å². The maximum Gasteiger partial charge on any atom is 0.258 e. The third kappa shape index (κ3) is 1.93. The average Bonchev–Trinajstić information content (AvgIpc) is 2.97. The van der Waals surface area contributed by atoms with Gasteiger partial charge in [-0.2, -0.15) is 0 Å². The minimum atomic E-state index is 0.0437. The van der Waals surface area contributed by atoms with Crippen molar-refractivity contribution in [2.75, 3.05) is 15.5 Å². The van der Waals surface area contributed by atoms with Gasteiger partial charge in [-0.25, -0.2) is 0 Å². The third-order valence-electron chi connectivity index (χ3n) is 3.76. The Balaban J connectivity index is 1.72. The number of nitrogens with zero attached hydrogens (tertiary/aromatic N) is 1. The SMILES string of the molecule is C=C1Nc2ccc(N3Cc4cc(Br)ccc4C3=O)cc2N1. The van der Waals surface area contributed by atoms with Crippen LogP contribution in [0.3, 0.4) is 0 Å². The van der Waals surface area contributed by atoms with Crippen LogP contribution < -0.4 is 15.5 Å². The van der Waals surface area contributed by atoms with Crippen molar-refractivity contribution in [1.82, 2.24) is 0 Å². The van der Waals surface area contributed by atoms with Crippen molar-refractivity contribution < 1.29 is 4.79 Å². The number of carbonyl (C=O) groups excluding carboxylic acids is 1. The maximum absolute atomic E-state index is 12.5. The number of halogens is 1. The molecule has 0 aliphatic carbocycles. The Hall–Kier alpha value is -2.27. The van der Waals surface area contributed by atoms with Gasteiger partial charge in [-0.05, 0) is 42.0 Å². The Bertz CT molecular complexity index is 800. The first-order chi connectivity index (χ1) is 10.1. The summed E-state index contributed by atoms with van der Waals surface area (Å²) in [6, 6.07) is 11.7. The van der Waals surface area contributed by atoms with Crippen molar-refractivity contribution in [3.63, 3.8) is 0 Å². The number of nitrogens with one attached hydrogen (secondary N) is 2. The molecule has 104 valence electrons. The fourth-order valence-corrected chi connectivity index (χ4v) is 3.18. The first kappa shape index (κ1) is 12.5. The van der Waals surface area contributed by atoms with E-state index in [0.29, 0.717) is 6.54 Å². The number of anilines is 3. The van der Waals surface area contributed by atoms with E-state index >= 15 is 0 Å². The summed E-state index contributed by atoms with van der Waals surface area (Å²) in [6.07, 6.45) is 0. The van der Waals surface area contributed by atoms with Crippen LogP contribution in [0.2, 0.25) is 0 Å². The van der Waals surface area contributed by atoms with Gasteiger partial charge in [0.1, 0.15) is 5.82 Å². The van der Waals surface area contributed by atoms with E-state index in [1.165, 1.54) is 0 Å². The lowest BCUT2D eigenvalue weighted by Gasteiger charge is -2.16. The zero-order valence-corrected chi connectivity index (χ0v) is 12.7. The molecular formula is C16H12BrN3O. The van der Waals surface area contributed by atoms with Crippen LogP contribution in [-0.2, 0) is 6.54 Å². The lowest BCUT2D eigenvalue weighted by Crippen LogP contribution is -2.22. The summed E-state index contributed by atoms with van der Waals surface area (Å²) in [5, 5.41) is 6.29. The van der Waals surface area contributed by atoms with Gasteiger partial charge in [0.15, 0.2) is 0 Å². The first-order valence-corrected chi connectivity index (χ1v) is 7.38. The third-order valence-corrected chi connectivity index (χ3v) is 4.25. The number of hydrogen-bond donors (Lipinski definition) is 2. The number of fused-ring (bicyclic) bond motifs is 2. The molecule has 21 heavy (non-hydrogen) atoms. The van der Waals surface area contributed by atoms with Gasteiger partial charge in [0.05, 0.1) is 17.9 Å². The highest BCUT2D eigenvalue weighted by atomic mass is 79.9. The summed E-state index contributed by atoms with van der Waals surface area (Å²) in [5.41, 5.74) is 4.63. The molecule has 4 nitrogen and oxygen atoms in total. The van der Waals surface area contributed by atoms with E-state index in [-0.39, 0.29) is 5.91 Å². The molecule has 0 spiro atoms. The molecule has 0 saturated heterocycles. The van der Waals surface area contributed by atoms with Gasteiger partial charge in [0.25, 0.3) is 5.91 Å². The molecule has 2 aromatic rings. The summed E-state index contributed by atoms with van der Waals surface area (Å²) < 4.78 is 0.993. The van der Waals surface area contributed by atoms with Crippen molar-refractivity contribution in [3.05, 3.63) is 64.4 Å². The monoisotopic (exact) mass is 341 g/mol. The predicted octanol–water partition coefficient (Wildman–Crippen LogP) is 3.92. The van der Waals surface area contributed by atoms with Crippen molar-refractivity contribution in [1.29, 1.82) is 0 Å². The number of carbonyl (C=O) groups is 1. The molecule has 1 amide bonds. The lowest BCUT2D eigenvalue weighted by atomic mass is 10.1. The highest BCUT2D eigenvalue weighted by molar-refractivity contribution is 9.10. The second kappa shape index (κ2) is 4.36. The summed E-state index contributed by atoms with van der Waals surface area (Å²) >= 11 is 3.45. The molecule has 2 aliphatic heterocycles. The Morgan fingerprint density at radius 1 is 1.10 bits per heavy atom. The van der Waals surface area contributed by atoms with E-state index in [2.05, 4.69) is 33.1 Å². The van der Waals surface area contributed by atoms with Crippen LogP contribution in [0.25, 0.3) is 0 Å². The summed E-state index contributed by atoms with van der Waals surface area (Å²) in [6.45, 7) is 4.44. The smallest absolute Gasteiger partial charge is 0.258 e. The predicted molar refractivity (Wildman–Crippen MR) is 87.5 cm³/mol. The number of rotatable bonds is 1. The Kier molecular flexibility index (Phi) is 2.59. The van der Waals surface area contributed by atoms with Gasteiger partial charge in [-0.1, -0.05) is 22.5 Å². The number of amides is 1. The summed E-state index contributed by atoms with van der Waals surface area (Å²) in [7, 11) is 0. The fourth-order valence-electron chi connectivity index (χ4n) is 2.77. The molecule has 4 rings (SSSR count). The van der Waals surface area contributed by atoms with E-state index in [0.717, 1.165) is 38.5 Å². The van der Waals surface area contributed by atoms with Crippen LogP contribution in [0.15, 0.2) is 53.3 Å². The molecule has 5 heteroatoms. The van der Waals surface area contributed by atoms with E-state index in [1.54, 1.807) is 4.90 Å². The van der Waals surface area contributed by atoms with Gasteiger partial charge in [-0.3, -0.25) is 4.79 Å². The van der Waals surface area contributed by atoms with Crippen LogP contribution in [-0.4, -0.2) is 5.91 Å². The van der Waals surface area contributed by atoms with Gasteiger partial charge in [0, 0.05) is 15.7 Å². The molecule has 0 fully saturated rings. The van der Waals surface area contributed by atoms with Crippen molar-refractivity contribution >= 4 is 38.9 Å². The van der Waals surface area contributed by atoms with Crippen molar-refractivity contribution in [2.45, 2.75) is 6.54 Å². The van der Waals surface area contributed by atoms with Crippen LogP contribution in [0.1, 0.15) is 15.9 Å². The van der Waals surface area contributed by atoms with E-state index in [4.69, 9.17) is 0 Å². The molecule has 0 bridgehead atoms. The van der Waals surface area contributed by atoms with Gasteiger partial charge >= 0.3 is 0 Å². The van der Waals surface area contributed by atoms with E-state index in [9.17, 15) is 4.79 Å². The highest BCUT2D eigenvalue weighted by Gasteiger charge is 2.29. The molecular weight excluding hydrogens is 330 g/mol. The molecule has 0 saturated carbocycles. The molecule has 2 N–H and O–H groups in total. The molecule has 2 aliphatic rings. The zero-order chi connectivity index (χ0) is 14.6. The van der Waals surface area contributed by atoms with Crippen LogP contribution >= 0.6 is 15.9 Å². The van der Waals surface area contributed by atoms with E-state index < -0.39 is 0 Å². The topological polar surface area (TPSA) is 44.4 Å². The molecule has 0 radical (unpaired) electrons. The fraction of sp³-hybridized carbons (Fsp3) is 0.0625. The summed E-state index contributed by atoms with van der Waals surface area (Å²) in [4.78, 5) is 14.3. The van der Waals surface area contributed by atoms with Gasteiger partial charge in [-0.15, -0.1) is 0 Å². The molecule has 0 aromatic heterocycles. The quantitative estimate of drug-likeness (QED) is 0.826. The van der Waals surface area contributed by atoms with E-state index in [1.807, 2.05) is 36.4 Å². The Labute approximate surface area is 130 Å².